The zero-order valence-corrected chi connectivity index (χ0v) is 14.3. The minimum atomic E-state index is -0.442. The maximum atomic E-state index is 12.3. The predicted octanol–water partition coefficient (Wildman–Crippen LogP) is 3.19. The SMILES string of the molecule is CC(C)[C@H](NC(=O)c1ccco1)c1nc(-c2ccc3c(c2)OCO3)no1. The lowest BCUT2D eigenvalue weighted by Crippen LogP contribution is -2.31. The number of carbonyl (C=O) groups is 1. The molecule has 0 unspecified atom stereocenters. The van der Waals surface area contributed by atoms with Crippen molar-refractivity contribution in [2.75, 3.05) is 6.79 Å². The fourth-order valence-corrected chi connectivity index (χ4v) is 2.65. The summed E-state index contributed by atoms with van der Waals surface area (Å²) in [5.41, 5.74) is 0.740. The molecule has 4 rings (SSSR count). The largest absolute Gasteiger partial charge is 0.459 e. The number of nitrogens with one attached hydrogen (secondary N) is 1. The van der Waals surface area contributed by atoms with Gasteiger partial charge in [0, 0.05) is 5.56 Å². The van der Waals surface area contributed by atoms with Crippen molar-refractivity contribution in [1.82, 2.24) is 15.5 Å². The van der Waals surface area contributed by atoms with E-state index in [1.165, 1.54) is 6.26 Å². The van der Waals surface area contributed by atoms with E-state index in [9.17, 15) is 4.79 Å². The number of benzene rings is 1. The van der Waals surface area contributed by atoms with Crippen LogP contribution in [-0.4, -0.2) is 22.8 Å². The average Bonchev–Trinajstić information content (AvgIpc) is 3.39. The van der Waals surface area contributed by atoms with Crippen molar-refractivity contribution in [3.05, 3.63) is 48.2 Å². The number of hydrogen-bond donors (Lipinski definition) is 1. The Morgan fingerprint density at radius 1 is 1.19 bits per heavy atom. The Kier molecular flexibility index (Phi) is 4.08. The Morgan fingerprint density at radius 2 is 2.04 bits per heavy atom. The summed E-state index contributed by atoms with van der Waals surface area (Å²) in [6, 6.07) is 8.23. The molecule has 26 heavy (non-hydrogen) atoms. The summed E-state index contributed by atoms with van der Waals surface area (Å²) in [7, 11) is 0. The van der Waals surface area contributed by atoms with Crippen LogP contribution in [-0.2, 0) is 0 Å². The summed E-state index contributed by atoms with van der Waals surface area (Å²) in [5, 5.41) is 6.90. The van der Waals surface area contributed by atoms with Gasteiger partial charge in [0.15, 0.2) is 17.3 Å². The van der Waals surface area contributed by atoms with Crippen LogP contribution in [0.4, 0.5) is 0 Å². The van der Waals surface area contributed by atoms with Crippen LogP contribution in [0.1, 0.15) is 36.3 Å². The lowest BCUT2D eigenvalue weighted by Gasteiger charge is -2.17. The minimum Gasteiger partial charge on any atom is -0.459 e. The van der Waals surface area contributed by atoms with Gasteiger partial charge in [-0.15, -0.1) is 0 Å². The highest BCUT2D eigenvalue weighted by molar-refractivity contribution is 5.91. The minimum absolute atomic E-state index is 0.0407. The first-order valence-electron chi connectivity index (χ1n) is 8.20. The van der Waals surface area contributed by atoms with Crippen LogP contribution < -0.4 is 14.8 Å². The van der Waals surface area contributed by atoms with Gasteiger partial charge in [0.1, 0.15) is 6.04 Å². The molecule has 0 spiro atoms. The summed E-state index contributed by atoms with van der Waals surface area (Å²) < 4.78 is 21.2. The van der Waals surface area contributed by atoms with E-state index in [2.05, 4.69) is 15.5 Å². The lowest BCUT2D eigenvalue weighted by molar-refractivity contribution is 0.0885. The van der Waals surface area contributed by atoms with Gasteiger partial charge >= 0.3 is 0 Å². The molecule has 1 amide bonds. The van der Waals surface area contributed by atoms with Crippen LogP contribution in [0.15, 0.2) is 45.5 Å². The molecular formula is C18H17N3O5. The molecular weight excluding hydrogens is 338 g/mol. The Bertz CT molecular complexity index is 917. The molecule has 0 radical (unpaired) electrons. The van der Waals surface area contributed by atoms with Crippen molar-refractivity contribution in [1.29, 1.82) is 0 Å². The van der Waals surface area contributed by atoms with E-state index in [1.54, 1.807) is 24.3 Å². The number of aromatic nitrogens is 2. The van der Waals surface area contributed by atoms with Crippen molar-refractivity contribution in [3.63, 3.8) is 0 Å². The van der Waals surface area contributed by atoms with E-state index < -0.39 is 6.04 Å². The number of fused-ring (bicyclic) bond motifs is 1. The molecule has 1 N–H and O–H groups in total. The third kappa shape index (κ3) is 3.01. The van der Waals surface area contributed by atoms with Crippen LogP contribution in [0.5, 0.6) is 11.5 Å². The smallest absolute Gasteiger partial charge is 0.287 e. The van der Waals surface area contributed by atoms with Crippen molar-refractivity contribution in [2.24, 2.45) is 5.92 Å². The summed E-state index contributed by atoms with van der Waals surface area (Å²) in [5.74, 6) is 1.99. The Balaban J connectivity index is 1.57. The maximum Gasteiger partial charge on any atom is 0.287 e. The second-order valence-electron chi connectivity index (χ2n) is 6.20. The van der Waals surface area contributed by atoms with Crippen LogP contribution >= 0.6 is 0 Å². The van der Waals surface area contributed by atoms with Gasteiger partial charge in [-0.3, -0.25) is 4.79 Å². The van der Waals surface area contributed by atoms with Gasteiger partial charge in [-0.2, -0.15) is 4.98 Å². The number of hydrogen-bond acceptors (Lipinski definition) is 7. The Hall–Kier alpha value is -3.29. The lowest BCUT2D eigenvalue weighted by atomic mass is 10.0. The van der Waals surface area contributed by atoms with E-state index in [4.69, 9.17) is 18.4 Å². The van der Waals surface area contributed by atoms with E-state index in [0.717, 1.165) is 5.56 Å². The van der Waals surface area contributed by atoms with E-state index in [0.29, 0.717) is 23.2 Å². The van der Waals surface area contributed by atoms with Crippen molar-refractivity contribution in [2.45, 2.75) is 19.9 Å². The highest BCUT2D eigenvalue weighted by Gasteiger charge is 2.26. The predicted molar refractivity (Wildman–Crippen MR) is 89.6 cm³/mol. The van der Waals surface area contributed by atoms with Crippen LogP contribution in [0.3, 0.4) is 0 Å². The number of nitrogens with zero attached hydrogens (tertiary/aromatic N) is 2. The summed E-state index contributed by atoms with van der Waals surface area (Å²) in [4.78, 5) is 16.7. The molecule has 8 nitrogen and oxygen atoms in total. The number of rotatable bonds is 5. The molecule has 8 heteroatoms. The molecule has 0 bridgehead atoms. The monoisotopic (exact) mass is 355 g/mol. The molecule has 1 atom stereocenters. The first kappa shape index (κ1) is 16.2. The molecule has 0 fully saturated rings. The normalized spacial score (nSPS) is 13.8. The van der Waals surface area contributed by atoms with Crippen molar-refractivity contribution >= 4 is 5.91 Å². The van der Waals surface area contributed by atoms with Crippen molar-refractivity contribution in [3.8, 4) is 22.9 Å². The number of carbonyl (C=O) groups excluding carboxylic acids is 1. The second-order valence-corrected chi connectivity index (χ2v) is 6.20. The molecule has 0 saturated heterocycles. The molecule has 0 saturated carbocycles. The number of furan rings is 1. The third-order valence-electron chi connectivity index (χ3n) is 4.04. The summed E-state index contributed by atoms with van der Waals surface area (Å²) in [6.45, 7) is 4.11. The number of ether oxygens (including phenoxy) is 2. The summed E-state index contributed by atoms with van der Waals surface area (Å²) >= 11 is 0. The van der Waals surface area contributed by atoms with Crippen LogP contribution in [0.25, 0.3) is 11.4 Å². The fraction of sp³-hybridized carbons (Fsp3) is 0.278. The quantitative estimate of drug-likeness (QED) is 0.750. The van der Waals surface area contributed by atoms with Gasteiger partial charge in [-0.05, 0) is 36.2 Å². The number of amides is 1. The van der Waals surface area contributed by atoms with E-state index >= 15 is 0 Å². The highest BCUT2D eigenvalue weighted by Crippen LogP contribution is 2.35. The molecule has 1 aliphatic rings. The topological polar surface area (TPSA) is 99.6 Å². The first-order chi connectivity index (χ1) is 12.6. The average molecular weight is 355 g/mol. The third-order valence-corrected chi connectivity index (χ3v) is 4.04. The Labute approximate surface area is 149 Å². The van der Waals surface area contributed by atoms with Gasteiger partial charge < -0.3 is 23.7 Å². The summed E-state index contributed by atoms with van der Waals surface area (Å²) in [6.07, 6.45) is 1.45. The fourth-order valence-electron chi connectivity index (χ4n) is 2.65. The van der Waals surface area contributed by atoms with Gasteiger partial charge in [-0.1, -0.05) is 19.0 Å². The molecule has 1 aliphatic heterocycles. The van der Waals surface area contributed by atoms with Gasteiger partial charge in [0.25, 0.3) is 5.91 Å². The van der Waals surface area contributed by atoms with Crippen LogP contribution in [0, 0.1) is 5.92 Å². The molecule has 2 aromatic heterocycles. The van der Waals surface area contributed by atoms with E-state index in [1.807, 2.05) is 19.9 Å². The zero-order valence-electron chi connectivity index (χ0n) is 14.3. The van der Waals surface area contributed by atoms with E-state index in [-0.39, 0.29) is 24.4 Å². The van der Waals surface area contributed by atoms with Gasteiger partial charge in [0.2, 0.25) is 18.5 Å². The molecule has 3 heterocycles. The van der Waals surface area contributed by atoms with Crippen LogP contribution in [0.2, 0.25) is 0 Å². The van der Waals surface area contributed by atoms with Crippen molar-refractivity contribution < 1.29 is 23.2 Å². The molecule has 1 aromatic carbocycles. The van der Waals surface area contributed by atoms with Gasteiger partial charge in [0.05, 0.1) is 6.26 Å². The Morgan fingerprint density at radius 3 is 2.81 bits per heavy atom. The highest BCUT2D eigenvalue weighted by atomic mass is 16.7. The first-order valence-corrected chi connectivity index (χ1v) is 8.20. The molecule has 3 aromatic rings. The van der Waals surface area contributed by atoms with Gasteiger partial charge in [-0.25, -0.2) is 0 Å². The zero-order chi connectivity index (χ0) is 18.1. The second kappa shape index (κ2) is 6.55. The standard InChI is InChI=1S/C18H17N3O5/c1-10(2)15(19-17(22)13-4-3-7-23-13)18-20-16(21-26-18)11-5-6-12-14(8-11)25-9-24-12/h3-8,10,15H,9H2,1-2H3,(H,19,22)/t15-/m0/s1. The molecule has 134 valence electrons. The maximum absolute atomic E-state index is 12.3. The molecule has 0 aliphatic carbocycles.